The third-order valence-corrected chi connectivity index (χ3v) is 3.31. The Balaban J connectivity index is 2.22. The number of hydrogen-bond acceptors (Lipinski definition) is 3. The Labute approximate surface area is 123 Å². The molecule has 0 spiro atoms. The van der Waals surface area contributed by atoms with E-state index in [0.29, 0.717) is 6.42 Å². The summed E-state index contributed by atoms with van der Waals surface area (Å²) in [5, 5.41) is 12.7. The van der Waals surface area contributed by atoms with E-state index < -0.39 is 0 Å². The van der Waals surface area contributed by atoms with Gasteiger partial charge in [-0.2, -0.15) is 0 Å². The standard InChI is InChI=1S/C16H17N3O2/c1-21-15-8-6-13(7-9-15)12-2-4-14(5-3-12)16(10-11-20)18-19-17/h2-9,16,20H,10-11H2,1H3. The lowest BCUT2D eigenvalue weighted by Crippen LogP contribution is -1.97. The minimum Gasteiger partial charge on any atom is -0.497 e. The lowest BCUT2D eigenvalue weighted by molar-refractivity contribution is 0.276. The molecule has 0 heterocycles. The molecule has 0 saturated carbocycles. The van der Waals surface area contributed by atoms with Crippen molar-refractivity contribution in [3.8, 4) is 16.9 Å². The molecule has 0 aliphatic carbocycles. The zero-order valence-electron chi connectivity index (χ0n) is 11.8. The highest BCUT2D eigenvalue weighted by atomic mass is 16.5. The molecule has 1 atom stereocenters. The van der Waals surface area contributed by atoms with E-state index >= 15 is 0 Å². The minimum absolute atomic E-state index is 0.0100. The van der Waals surface area contributed by atoms with Gasteiger partial charge in [0.15, 0.2) is 0 Å². The Bertz CT molecular complexity index is 617. The van der Waals surface area contributed by atoms with Gasteiger partial charge in [-0.15, -0.1) is 0 Å². The van der Waals surface area contributed by atoms with Gasteiger partial charge in [0.05, 0.1) is 13.2 Å². The second-order valence-corrected chi connectivity index (χ2v) is 4.58. The SMILES string of the molecule is COc1ccc(-c2ccc(C(CCO)N=[N+]=[N-])cc2)cc1. The number of ether oxygens (including phenoxy) is 1. The Morgan fingerprint density at radius 3 is 2.14 bits per heavy atom. The van der Waals surface area contributed by atoms with Gasteiger partial charge >= 0.3 is 0 Å². The molecule has 0 aliphatic rings. The minimum atomic E-state index is -0.329. The number of rotatable bonds is 6. The van der Waals surface area contributed by atoms with Gasteiger partial charge in [-0.1, -0.05) is 41.5 Å². The molecule has 5 heteroatoms. The predicted molar refractivity (Wildman–Crippen MR) is 82.0 cm³/mol. The van der Waals surface area contributed by atoms with E-state index in [9.17, 15) is 0 Å². The lowest BCUT2D eigenvalue weighted by atomic mass is 10.00. The summed E-state index contributed by atoms with van der Waals surface area (Å²) in [6.07, 6.45) is 0.423. The largest absolute Gasteiger partial charge is 0.497 e. The van der Waals surface area contributed by atoms with Gasteiger partial charge in [0.1, 0.15) is 5.75 Å². The number of nitrogens with zero attached hydrogens (tertiary/aromatic N) is 3. The zero-order chi connectivity index (χ0) is 15.1. The van der Waals surface area contributed by atoms with Crippen LogP contribution in [0, 0.1) is 0 Å². The first-order valence-electron chi connectivity index (χ1n) is 6.68. The molecule has 0 bridgehead atoms. The Hall–Kier alpha value is -2.49. The number of methoxy groups -OCH3 is 1. The molecule has 2 aromatic rings. The molecule has 5 nitrogen and oxygen atoms in total. The summed E-state index contributed by atoms with van der Waals surface area (Å²) >= 11 is 0. The van der Waals surface area contributed by atoms with E-state index in [-0.39, 0.29) is 12.6 Å². The third kappa shape index (κ3) is 3.75. The van der Waals surface area contributed by atoms with Crippen LogP contribution in [0.2, 0.25) is 0 Å². The van der Waals surface area contributed by atoms with Gasteiger partial charge in [0.2, 0.25) is 0 Å². The van der Waals surface area contributed by atoms with Crippen molar-refractivity contribution in [2.75, 3.05) is 13.7 Å². The van der Waals surface area contributed by atoms with Crippen LogP contribution < -0.4 is 4.74 Å². The molecule has 0 aromatic heterocycles. The second-order valence-electron chi connectivity index (χ2n) is 4.58. The molecular weight excluding hydrogens is 266 g/mol. The molecule has 21 heavy (non-hydrogen) atoms. The number of hydrogen-bond donors (Lipinski definition) is 1. The summed E-state index contributed by atoms with van der Waals surface area (Å²) in [4.78, 5) is 2.83. The third-order valence-electron chi connectivity index (χ3n) is 3.31. The summed E-state index contributed by atoms with van der Waals surface area (Å²) in [6.45, 7) is -0.0100. The Morgan fingerprint density at radius 2 is 1.67 bits per heavy atom. The maximum atomic E-state index is 9.01. The average molecular weight is 283 g/mol. The van der Waals surface area contributed by atoms with Crippen molar-refractivity contribution in [2.24, 2.45) is 5.11 Å². The fraction of sp³-hybridized carbons (Fsp3) is 0.250. The van der Waals surface area contributed by atoms with E-state index in [1.807, 2.05) is 48.5 Å². The first-order valence-corrected chi connectivity index (χ1v) is 6.68. The van der Waals surface area contributed by atoms with Crippen LogP contribution in [-0.2, 0) is 0 Å². The van der Waals surface area contributed by atoms with Gasteiger partial charge in [-0.3, -0.25) is 0 Å². The summed E-state index contributed by atoms with van der Waals surface area (Å²) < 4.78 is 5.14. The highest BCUT2D eigenvalue weighted by Crippen LogP contribution is 2.26. The number of azide groups is 1. The van der Waals surface area contributed by atoms with Crippen molar-refractivity contribution < 1.29 is 9.84 Å². The fourth-order valence-corrected chi connectivity index (χ4v) is 2.16. The number of aliphatic hydroxyl groups excluding tert-OH is 1. The van der Waals surface area contributed by atoms with Crippen molar-refractivity contribution in [2.45, 2.75) is 12.5 Å². The Kier molecular flexibility index (Phi) is 5.21. The van der Waals surface area contributed by atoms with Gasteiger partial charge in [-0.05, 0) is 40.8 Å². The molecule has 0 amide bonds. The van der Waals surface area contributed by atoms with E-state index in [1.54, 1.807) is 7.11 Å². The molecule has 0 radical (unpaired) electrons. The maximum Gasteiger partial charge on any atom is 0.118 e. The maximum absolute atomic E-state index is 9.01. The van der Waals surface area contributed by atoms with E-state index in [4.69, 9.17) is 15.4 Å². The fourth-order valence-electron chi connectivity index (χ4n) is 2.16. The smallest absolute Gasteiger partial charge is 0.118 e. The quantitative estimate of drug-likeness (QED) is 0.492. The molecule has 1 N–H and O–H groups in total. The summed E-state index contributed by atoms with van der Waals surface area (Å²) in [7, 11) is 1.64. The Morgan fingerprint density at radius 1 is 1.10 bits per heavy atom. The molecule has 0 fully saturated rings. The molecule has 108 valence electrons. The van der Waals surface area contributed by atoms with E-state index in [1.165, 1.54) is 0 Å². The highest BCUT2D eigenvalue weighted by Gasteiger charge is 2.09. The van der Waals surface area contributed by atoms with Crippen LogP contribution in [0.4, 0.5) is 0 Å². The second kappa shape index (κ2) is 7.33. The van der Waals surface area contributed by atoms with Crippen LogP contribution in [0.15, 0.2) is 53.6 Å². The summed E-state index contributed by atoms with van der Waals surface area (Å²) in [5.41, 5.74) is 11.6. The predicted octanol–water partition coefficient (Wildman–Crippen LogP) is 4.10. The van der Waals surface area contributed by atoms with Crippen LogP contribution in [0.25, 0.3) is 21.6 Å². The first-order chi connectivity index (χ1) is 10.3. The van der Waals surface area contributed by atoms with Crippen molar-refractivity contribution >= 4 is 0 Å². The molecular formula is C16H17N3O2. The van der Waals surface area contributed by atoms with Crippen LogP contribution in [0.5, 0.6) is 5.75 Å². The molecule has 1 unspecified atom stereocenters. The van der Waals surface area contributed by atoms with Gasteiger partial charge in [0, 0.05) is 11.5 Å². The number of benzene rings is 2. The zero-order valence-corrected chi connectivity index (χ0v) is 11.8. The molecule has 2 aromatic carbocycles. The van der Waals surface area contributed by atoms with Crippen LogP contribution >= 0.6 is 0 Å². The monoisotopic (exact) mass is 283 g/mol. The number of aliphatic hydroxyl groups is 1. The molecule has 0 aliphatic heterocycles. The van der Waals surface area contributed by atoms with Crippen molar-refractivity contribution in [1.29, 1.82) is 0 Å². The van der Waals surface area contributed by atoms with E-state index in [0.717, 1.165) is 22.4 Å². The van der Waals surface area contributed by atoms with Crippen LogP contribution in [0.1, 0.15) is 18.0 Å². The van der Waals surface area contributed by atoms with Crippen molar-refractivity contribution in [3.63, 3.8) is 0 Å². The van der Waals surface area contributed by atoms with Gasteiger partial charge in [0.25, 0.3) is 0 Å². The van der Waals surface area contributed by atoms with Crippen LogP contribution in [-0.4, -0.2) is 18.8 Å². The normalized spacial score (nSPS) is 11.5. The molecule has 2 rings (SSSR count). The van der Waals surface area contributed by atoms with Gasteiger partial charge < -0.3 is 9.84 Å². The van der Waals surface area contributed by atoms with Crippen molar-refractivity contribution in [3.05, 3.63) is 64.5 Å². The molecule has 0 saturated heterocycles. The van der Waals surface area contributed by atoms with Gasteiger partial charge in [-0.25, -0.2) is 0 Å². The van der Waals surface area contributed by atoms with Crippen molar-refractivity contribution in [1.82, 2.24) is 0 Å². The van der Waals surface area contributed by atoms with Crippen LogP contribution in [0.3, 0.4) is 0 Å². The average Bonchev–Trinajstić information content (AvgIpc) is 2.55. The van der Waals surface area contributed by atoms with E-state index in [2.05, 4.69) is 10.0 Å². The summed E-state index contributed by atoms with van der Waals surface area (Å²) in [5.74, 6) is 0.821. The lowest BCUT2D eigenvalue weighted by Gasteiger charge is -2.11. The highest BCUT2D eigenvalue weighted by molar-refractivity contribution is 5.64. The first kappa shape index (κ1) is 14.9. The topological polar surface area (TPSA) is 78.2 Å². The summed E-state index contributed by atoms with van der Waals surface area (Å²) in [6, 6.07) is 15.3.